The minimum absolute atomic E-state index is 0.00251. The Labute approximate surface area is 97.4 Å². The molecule has 0 saturated carbocycles. The minimum atomic E-state index is -0.530. The molecular formula is C9H12ClN3O3. The lowest BCUT2D eigenvalue weighted by atomic mass is 10.2. The second-order valence-electron chi connectivity index (χ2n) is 3.32. The van der Waals surface area contributed by atoms with Crippen molar-refractivity contribution in [3.63, 3.8) is 0 Å². The van der Waals surface area contributed by atoms with Crippen LogP contribution in [-0.4, -0.2) is 27.7 Å². The summed E-state index contributed by atoms with van der Waals surface area (Å²) in [4.78, 5) is 14.0. The highest BCUT2D eigenvalue weighted by molar-refractivity contribution is 6.29. The van der Waals surface area contributed by atoms with E-state index in [0.717, 1.165) is 0 Å². The average Bonchev–Trinajstić information content (AvgIpc) is 2.17. The molecule has 6 nitrogen and oxygen atoms in total. The van der Waals surface area contributed by atoms with E-state index in [4.69, 9.17) is 16.7 Å². The maximum Gasteiger partial charge on any atom is 0.311 e. The number of hydrogen-bond acceptors (Lipinski definition) is 5. The van der Waals surface area contributed by atoms with E-state index in [2.05, 4.69) is 10.3 Å². The summed E-state index contributed by atoms with van der Waals surface area (Å²) in [5, 5.41) is 22.5. The summed E-state index contributed by atoms with van der Waals surface area (Å²) in [6.45, 7) is 1.80. The molecule has 1 aromatic rings. The molecule has 0 aliphatic carbocycles. The van der Waals surface area contributed by atoms with Gasteiger partial charge in [-0.25, -0.2) is 4.98 Å². The quantitative estimate of drug-likeness (QED) is 0.469. The molecular weight excluding hydrogens is 234 g/mol. The summed E-state index contributed by atoms with van der Waals surface area (Å²) in [7, 11) is 0. The van der Waals surface area contributed by atoms with Crippen molar-refractivity contribution in [3.05, 3.63) is 27.4 Å². The number of nitrogens with one attached hydrogen (secondary N) is 1. The van der Waals surface area contributed by atoms with E-state index in [1.54, 1.807) is 6.92 Å². The van der Waals surface area contributed by atoms with Crippen LogP contribution in [-0.2, 0) is 0 Å². The maximum atomic E-state index is 10.7. The van der Waals surface area contributed by atoms with Gasteiger partial charge in [-0.05, 0) is 19.4 Å². The Kier molecular flexibility index (Phi) is 4.45. The molecule has 0 amide bonds. The molecule has 1 aromatic heterocycles. The number of nitro groups is 1. The van der Waals surface area contributed by atoms with E-state index in [0.29, 0.717) is 6.42 Å². The maximum absolute atomic E-state index is 10.7. The van der Waals surface area contributed by atoms with Gasteiger partial charge in [-0.2, -0.15) is 0 Å². The van der Waals surface area contributed by atoms with Crippen molar-refractivity contribution < 1.29 is 10.0 Å². The molecule has 16 heavy (non-hydrogen) atoms. The van der Waals surface area contributed by atoms with Gasteiger partial charge in [-0.3, -0.25) is 10.1 Å². The molecule has 1 unspecified atom stereocenters. The van der Waals surface area contributed by atoms with E-state index >= 15 is 0 Å². The Bertz CT molecular complexity index is 386. The Balaban J connectivity index is 2.92. The third kappa shape index (κ3) is 3.32. The zero-order valence-electron chi connectivity index (χ0n) is 8.68. The Morgan fingerprint density at radius 1 is 1.69 bits per heavy atom. The molecule has 0 aromatic carbocycles. The van der Waals surface area contributed by atoms with Crippen LogP contribution in [0.4, 0.5) is 11.5 Å². The van der Waals surface area contributed by atoms with Crippen molar-refractivity contribution in [2.24, 2.45) is 0 Å². The van der Waals surface area contributed by atoms with Gasteiger partial charge in [-0.1, -0.05) is 11.6 Å². The number of aromatic nitrogens is 1. The minimum Gasteiger partial charge on any atom is -0.396 e. The summed E-state index contributed by atoms with van der Waals surface area (Å²) in [6, 6.07) is 2.54. The van der Waals surface area contributed by atoms with Crippen LogP contribution < -0.4 is 5.32 Å². The molecule has 2 N–H and O–H groups in total. The number of halogens is 1. The highest BCUT2D eigenvalue weighted by Gasteiger charge is 2.17. The molecule has 0 aliphatic rings. The zero-order valence-corrected chi connectivity index (χ0v) is 9.44. The summed E-state index contributed by atoms with van der Waals surface area (Å²) in [5.74, 6) is 0.124. The molecule has 1 rings (SSSR count). The van der Waals surface area contributed by atoms with Crippen molar-refractivity contribution in [3.8, 4) is 0 Å². The number of aliphatic hydroxyl groups is 1. The number of hydrogen-bond donors (Lipinski definition) is 2. The first-order valence-corrected chi connectivity index (χ1v) is 5.10. The van der Waals surface area contributed by atoms with Gasteiger partial charge in [0.25, 0.3) is 0 Å². The summed E-state index contributed by atoms with van der Waals surface area (Å²) < 4.78 is 0. The number of anilines is 1. The van der Waals surface area contributed by atoms with E-state index in [9.17, 15) is 10.1 Å². The summed E-state index contributed by atoms with van der Waals surface area (Å²) in [6.07, 6.45) is 0.478. The molecule has 0 saturated heterocycles. The second kappa shape index (κ2) is 5.62. The van der Waals surface area contributed by atoms with Crippen LogP contribution in [0, 0.1) is 10.1 Å². The van der Waals surface area contributed by atoms with Crippen molar-refractivity contribution in [2.45, 2.75) is 19.4 Å². The molecule has 0 aliphatic heterocycles. The van der Waals surface area contributed by atoms with Gasteiger partial charge in [0.05, 0.1) is 4.92 Å². The van der Waals surface area contributed by atoms with Gasteiger partial charge < -0.3 is 10.4 Å². The number of nitrogens with zero attached hydrogens (tertiary/aromatic N) is 2. The van der Waals surface area contributed by atoms with Crippen LogP contribution in [0.3, 0.4) is 0 Å². The molecule has 1 heterocycles. The van der Waals surface area contributed by atoms with E-state index in [1.165, 1.54) is 12.1 Å². The molecule has 0 fully saturated rings. The number of rotatable bonds is 5. The monoisotopic (exact) mass is 245 g/mol. The molecule has 1 atom stereocenters. The lowest BCUT2D eigenvalue weighted by Crippen LogP contribution is -2.18. The molecule has 0 spiro atoms. The standard InChI is InChI=1S/C9H12ClN3O3/c1-6(4-5-14)11-9-7(13(15)16)2-3-8(10)12-9/h2-3,6,14H,4-5H2,1H3,(H,11,12). The largest absolute Gasteiger partial charge is 0.396 e. The van der Waals surface area contributed by atoms with E-state index in [-0.39, 0.29) is 29.3 Å². The molecule has 0 bridgehead atoms. The van der Waals surface area contributed by atoms with Crippen LogP contribution in [0.1, 0.15) is 13.3 Å². The Morgan fingerprint density at radius 2 is 2.38 bits per heavy atom. The van der Waals surface area contributed by atoms with E-state index < -0.39 is 4.92 Å². The van der Waals surface area contributed by atoms with Crippen molar-refractivity contribution >= 4 is 23.1 Å². The van der Waals surface area contributed by atoms with Gasteiger partial charge in [0.1, 0.15) is 5.15 Å². The number of pyridine rings is 1. The van der Waals surface area contributed by atoms with Gasteiger partial charge in [0.15, 0.2) is 0 Å². The SMILES string of the molecule is CC(CCO)Nc1nc(Cl)ccc1[N+](=O)[O-]. The highest BCUT2D eigenvalue weighted by Crippen LogP contribution is 2.24. The topological polar surface area (TPSA) is 88.3 Å². The fourth-order valence-corrected chi connectivity index (χ4v) is 1.33. The normalized spacial score (nSPS) is 12.2. The van der Waals surface area contributed by atoms with Crippen LogP contribution in [0.25, 0.3) is 0 Å². The zero-order chi connectivity index (χ0) is 12.1. The summed E-state index contributed by atoms with van der Waals surface area (Å²) >= 11 is 5.66. The fourth-order valence-electron chi connectivity index (χ4n) is 1.18. The smallest absolute Gasteiger partial charge is 0.311 e. The third-order valence-corrected chi connectivity index (χ3v) is 2.19. The first-order valence-electron chi connectivity index (χ1n) is 4.73. The number of aliphatic hydroxyl groups excluding tert-OH is 1. The third-order valence-electron chi connectivity index (χ3n) is 1.98. The van der Waals surface area contributed by atoms with Crippen LogP contribution in [0.2, 0.25) is 5.15 Å². The molecule has 7 heteroatoms. The first kappa shape index (κ1) is 12.7. The molecule has 0 radical (unpaired) electrons. The van der Waals surface area contributed by atoms with Gasteiger partial charge in [-0.15, -0.1) is 0 Å². The predicted octanol–water partition coefficient (Wildman–Crippen LogP) is 1.83. The fraction of sp³-hybridized carbons (Fsp3) is 0.444. The van der Waals surface area contributed by atoms with Crippen LogP contribution in [0.5, 0.6) is 0 Å². The van der Waals surface area contributed by atoms with Crippen molar-refractivity contribution in [1.29, 1.82) is 0 Å². The van der Waals surface area contributed by atoms with E-state index in [1.807, 2.05) is 0 Å². The van der Waals surface area contributed by atoms with Crippen molar-refractivity contribution in [1.82, 2.24) is 4.98 Å². The van der Waals surface area contributed by atoms with Crippen molar-refractivity contribution in [2.75, 3.05) is 11.9 Å². The lowest BCUT2D eigenvalue weighted by Gasteiger charge is -2.12. The molecule has 88 valence electrons. The van der Waals surface area contributed by atoms with Gasteiger partial charge >= 0.3 is 5.69 Å². The van der Waals surface area contributed by atoms with Crippen LogP contribution in [0.15, 0.2) is 12.1 Å². The second-order valence-corrected chi connectivity index (χ2v) is 3.70. The summed E-state index contributed by atoms with van der Waals surface area (Å²) in [5.41, 5.74) is -0.130. The average molecular weight is 246 g/mol. The highest BCUT2D eigenvalue weighted by atomic mass is 35.5. The first-order chi connectivity index (χ1) is 7.54. The Morgan fingerprint density at radius 3 is 2.94 bits per heavy atom. The predicted molar refractivity (Wildman–Crippen MR) is 60.7 cm³/mol. The Hall–Kier alpha value is -1.40. The lowest BCUT2D eigenvalue weighted by molar-refractivity contribution is -0.384. The van der Waals surface area contributed by atoms with Crippen LogP contribution >= 0.6 is 11.6 Å². The van der Waals surface area contributed by atoms with Gasteiger partial charge in [0, 0.05) is 18.7 Å². The van der Waals surface area contributed by atoms with Gasteiger partial charge in [0.2, 0.25) is 5.82 Å².